The maximum absolute atomic E-state index is 5.66. The first-order valence-electron chi connectivity index (χ1n) is 19.3. The van der Waals surface area contributed by atoms with Crippen molar-refractivity contribution in [3.05, 3.63) is 0 Å². The standard InChI is InChI=1S/C37H76O11/c1-3-5-7-8-9-10-11-12-13-14-15-17-39-19-21-41-23-25-43-27-29-45-31-33-47-35-37-48-36-34-46-32-30-44-28-26-42-24-22-40-20-18-38-16-6-4-2/h3-37H2,1-2H3. The molecule has 0 fully saturated rings. The molecule has 11 nitrogen and oxygen atoms in total. The van der Waals surface area contributed by atoms with E-state index in [1.165, 1.54) is 64.2 Å². The Kier molecular flexibility index (Phi) is 46.1. The molecule has 0 saturated heterocycles. The van der Waals surface area contributed by atoms with Gasteiger partial charge in [-0.2, -0.15) is 0 Å². The lowest BCUT2D eigenvalue weighted by Gasteiger charge is -2.09. The molecule has 0 aromatic carbocycles. The predicted molar refractivity (Wildman–Crippen MR) is 190 cm³/mol. The van der Waals surface area contributed by atoms with E-state index in [1.807, 2.05) is 0 Å². The largest absolute Gasteiger partial charge is 0.379 e. The molecule has 0 saturated carbocycles. The lowest BCUT2D eigenvalue weighted by molar-refractivity contribution is -0.0275. The second kappa shape index (κ2) is 46.6. The summed E-state index contributed by atoms with van der Waals surface area (Å²) in [6.07, 6.45) is 17.1. The SMILES string of the molecule is CCCCCCCCCCCCCOCCOCCOCCOCCOCCOCCOCCOCCOCCOCCOCCCC. The van der Waals surface area contributed by atoms with Crippen LogP contribution in [0.4, 0.5) is 0 Å². The molecule has 290 valence electrons. The minimum absolute atomic E-state index is 0.528. The van der Waals surface area contributed by atoms with Gasteiger partial charge in [0.05, 0.1) is 132 Å². The molecular formula is C37H76O11. The van der Waals surface area contributed by atoms with E-state index in [2.05, 4.69) is 13.8 Å². The van der Waals surface area contributed by atoms with Crippen LogP contribution in [-0.2, 0) is 52.1 Å². The van der Waals surface area contributed by atoms with Crippen molar-refractivity contribution in [3.8, 4) is 0 Å². The molecule has 0 heterocycles. The van der Waals surface area contributed by atoms with Crippen LogP contribution in [0.5, 0.6) is 0 Å². The van der Waals surface area contributed by atoms with Crippen LogP contribution in [0.25, 0.3) is 0 Å². The molecule has 48 heavy (non-hydrogen) atoms. The number of rotatable bonds is 45. The summed E-state index contributed by atoms with van der Waals surface area (Å²) < 4.78 is 60.6. The molecule has 0 radical (unpaired) electrons. The Hall–Kier alpha value is -0.440. The van der Waals surface area contributed by atoms with Crippen LogP contribution in [0.3, 0.4) is 0 Å². The quantitative estimate of drug-likeness (QED) is 0.0673. The molecule has 0 unspecified atom stereocenters. The molecule has 11 heteroatoms. The third-order valence-corrected chi connectivity index (χ3v) is 7.25. The molecule has 0 aliphatic heterocycles. The fraction of sp³-hybridized carbons (Fsp3) is 1.00. The molecule has 0 aromatic rings. The summed E-state index contributed by atoms with van der Waals surface area (Å²) in [6.45, 7) is 17.3. The summed E-state index contributed by atoms with van der Waals surface area (Å²) in [5.74, 6) is 0. The van der Waals surface area contributed by atoms with Crippen molar-refractivity contribution >= 4 is 0 Å². The van der Waals surface area contributed by atoms with Gasteiger partial charge in [0.2, 0.25) is 0 Å². The van der Waals surface area contributed by atoms with Gasteiger partial charge in [-0.1, -0.05) is 84.5 Å². The summed E-state index contributed by atoms with van der Waals surface area (Å²) in [7, 11) is 0. The van der Waals surface area contributed by atoms with Gasteiger partial charge < -0.3 is 52.1 Å². The lowest BCUT2D eigenvalue weighted by atomic mass is 10.1. The van der Waals surface area contributed by atoms with Gasteiger partial charge in [0, 0.05) is 13.2 Å². The van der Waals surface area contributed by atoms with Gasteiger partial charge in [-0.05, 0) is 12.8 Å². The Bertz CT molecular complexity index is 499. The van der Waals surface area contributed by atoms with Crippen molar-refractivity contribution in [2.45, 2.75) is 97.3 Å². The monoisotopic (exact) mass is 697 g/mol. The van der Waals surface area contributed by atoms with Crippen LogP contribution in [0.15, 0.2) is 0 Å². The van der Waals surface area contributed by atoms with Gasteiger partial charge in [-0.3, -0.25) is 0 Å². The van der Waals surface area contributed by atoms with Gasteiger partial charge in [-0.15, -0.1) is 0 Å². The van der Waals surface area contributed by atoms with E-state index >= 15 is 0 Å². The topological polar surface area (TPSA) is 102 Å². The van der Waals surface area contributed by atoms with Crippen LogP contribution in [0.2, 0.25) is 0 Å². The molecule has 0 atom stereocenters. The highest BCUT2D eigenvalue weighted by Gasteiger charge is 1.97. The molecule has 0 bridgehead atoms. The van der Waals surface area contributed by atoms with Crippen molar-refractivity contribution in [2.75, 3.05) is 145 Å². The van der Waals surface area contributed by atoms with E-state index in [9.17, 15) is 0 Å². The van der Waals surface area contributed by atoms with Crippen molar-refractivity contribution in [1.29, 1.82) is 0 Å². The second-order valence-electron chi connectivity index (χ2n) is 11.6. The first-order valence-corrected chi connectivity index (χ1v) is 19.3. The highest BCUT2D eigenvalue weighted by molar-refractivity contribution is 4.48. The van der Waals surface area contributed by atoms with E-state index < -0.39 is 0 Å². The minimum atomic E-state index is 0.528. The van der Waals surface area contributed by atoms with Gasteiger partial charge in [0.1, 0.15) is 0 Å². The highest BCUT2D eigenvalue weighted by atomic mass is 16.6. The maximum Gasteiger partial charge on any atom is 0.0701 e. The first kappa shape index (κ1) is 47.6. The van der Waals surface area contributed by atoms with Gasteiger partial charge in [-0.25, -0.2) is 0 Å². The van der Waals surface area contributed by atoms with Crippen LogP contribution >= 0.6 is 0 Å². The van der Waals surface area contributed by atoms with Crippen LogP contribution < -0.4 is 0 Å². The Balaban J connectivity index is 3.04. The van der Waals surface area contributed by atoms with Crippen LogP contribution in [0.1, 0.15) is 97.3 Å². The zero-order chi connectivity index (χ0) is 34.5. The summed E-state index contributed by atoms with van der Waals surface area (Å²) >= 11 is 0. The van der Waals surface area contributed by atoms with Gasteiger partial charge >= 0.3 is 0 Å². The molecule has 0 aliphatic rings. The molecule has 0 amide bonds. The number of ether oxygens (including phenoxy) is 11. The zero-order valence-corrected chi connectivity index (χ0v) is 31.2. The normalized spacial score (nSPS) is 11.6. The Morgan fingerprint density at radius 1 is 0.167 bits per heavy atom. The minimum Gasteiger partial charge on any atom is -0.379 e. The molecule has 0 aromatic heterocycles. The molecule has 0 rings (SSSR count). The van der Waals surface area contributed by atoms with Gasteiger partial charge in [0.15, 0.2) is 0 Å². The van der Waals surface area contributed by atoms with Crippen LogP contribution in [0, 0.1) is 0 Å². The van der Waals surface area contributed by atoms with Gasteiger partial charge in [0.25, 0.3) is 0 Å². The first-order chi connectivity index (χ1) is 23.9. The smallest absolute Gasteiger partial charge is 0.0701 e. The summed E-state index contributed by atoms with van der Waals surface area (Å²) in [5.41, 5.74) is 0. The zero-order valence-electron chi connectivity index (χ0n) is 31.2. The maximum atomic E-state index is 5.66. The molecule has 0 N–H and O–H groups in total. The second-order valence-corrected chi connectivity index (χ2v) is 11.6. The average Bonchev–Trinajstić information content (AvgIpc) is 3.10. The van der Waals surface area contributed by atoms with Crippen LogP contribution in [-0.4, -0.2) is 145 Å². The molecule has 0 spiro atoms. The van der Waals surface area contributed by atoms with Crippen molar-refractivity contribution in [2.24, 2.45) is 0 Å². The highest BCUT2D eigenvalue weighted by Crippen LogP contribution is 2.11. The van der Waals surface area contributed by atoms with Crippen molar-refractivity contribution in [1.82, 2.24) is 0 Å². The fourth-order valence-corrected chi connectivity index (χ4v) is 4.42. The Morgan fingerprint density at radius 3 is 0.562 bits per heavy atom. The third-order valence-electron chi connectivity index (χ3n) is 7.25. The molecule has 0 aliphatic carbocycles. The predicted octanol–water partition coefficient (Wildman–Crippen LogP) is 6.28. The molecular weight excluding hydrogens is 620 g/mol. The van der Waals surface area contributed by atoms with E-state index in [-0.39, 0.29) is 0 Å². The lowest BCUT2D eigenvalue weighted by Crippen LogP contribution is -2.15. The fourth-order valence-electron chi connectivity index (χ4n) is 4.42. The third kappa shape index (κ3) is 45.6. The van der Waals surface area contributed by atoms with E-state index in [0.717, 1.165) is 32.5 Å². The number of hydrogen-bond donors (Lipinski definition) is 0. The van der Waals surface area contributed by atoms with E-state index in [4.69, 9.17) is 52.1 Å². The summed E-state index contributed by atoms with van der Waals surface area (Å²) in [5, 5.41) is 0. The summed E-state index contributed by atoms with van der Waals surface area (Å²) in [6, 6.07) is 0. The van der Waals surface area contributed by atoms with E-state index in [1.54, 1.807) is 0 Å². The Labute approximate surface area is 294 Å². The number of unbranched alkanes of at least 4 members (excludes halogenated alkanes) is 11. The summed E-state index contributed by atoms with van der Waals surface area (Å²) in [4.78, 5) is 0. The number of hydrogen-bond acceptors (Lipinski definition) is 11. The average molecular weight is 697 g/mol. The van der Waals surface area contributed by atoms with E-state index in [0.29, 0.717) is 132 Å². The Morgan fingerprint density at radius 2 is 0.333 bits per heavy atom. The van der Waals surface area contributed by atoms with Crippen molar-refractivity contribution < 1.29 is 52.1 Å². The van der Waals surface area contributed by atoms with Crippen molar-refractivity contribution in [3.63, 3.8) is 0 Å².